The monoisotopic (exact) mass is 267 g/mol. The van der Waals surface area contributed by atoms with Crippen molar-refractivity contribution in [2.75, 3.05) is 43.4 Å². The topological polar surface area (TPSA) is 83.3 Å². The Hall–Kier alpha value is -1.60. The molecule has 0 spiro atoms. The van der Waals surface area contributed by atoms with E-state index in [0.29, 0.717) is 17.2 Å². The summed E-state index contributed by atoms with van der Waals surface area (Å²) in [6.07, 6.45) is 1.63. The molecule has 1 amide bonds. The zero-order valence-corrected chi connectivity index (χ0v) is 10.9. The highest BCUT2D eigenvalue weighted by molar-refractivity contribution is 7.18. The van der Waals surface area contributed by atoms with Crippen LogP contribution >= 0.6 is 11.3 Å². The maximum absolute atomic E-state index is 11.8. The summed E-state index contributed by atoms with van der Waals surface area (Å²) in [6.45, 7) is 7.62. The van der Waals surface area contributed by atoms with E-state index < -0.39 is 0 Å². The molecule has 0 unspecified atom stereocenters. The summed E-state index contributed by atoms with van der Waals surface area (Å²) in [7, 11) is 0. The Labute approximate surface area is 110 Å². The highest BCUT2D eigenvalue weighted by Crippen LogP contribution is 2.28. The Morgan fingerprint density at radius 1 is 1.61 bits per heavy atom. The predicted molar refractivity (Wildman–Crippen MR) is 74.1 cm³/mol. The third kappa shape index (κ3) is 2.80. The van der Waals surface area contributed by atoms with Crippen molar-refractivity contribution in [1.29, 1.82) is 0 Å². The van der Waals surface area contributed by atoms with Crippen molar-refractivity contribution < 1.29 is 4.79 Å². The molecule has 0 bridgehead atoms. The van der Waals surface area contributed by atoms with Crippen LogP contribution in [-0.4, -0.2) is 43.6 Å². The SMILES string of the molecule is C=CCNC(=O)c1sc(N2CCNCC2)nc1N. The number of anilines is 2. The number of nitrogens with zero attached hydrogens (tertiary/aromatic N) is 2. The first-order valence-corrected chi connectivity index (χ1v) is 6.65. The Morgan fingerprint density at radius 2 is 2.33 bits per heavy atom. The summed E-state index contributed by atoms with van der Waals surface area (Å²) in [5.41, 5.74) is 5.79. The van der Waals surface area contributed by atoms with Crippen LogP contribution in [0.1, 0.15) is 9.67 Å². The number of rotatable bonds is 4. The number of nitrogen functional groups attached to an aromatic ring is 1. The summed E-state index contributed by atoms with van der Waals surface area (Å²) < 4.78 is 0. The molecular weight excluding hydrogens is 250 g/mol. The third-order valence-electron chi connectivity index (χ3n) is 2.64. The van der Waals surface area contributed by atoms with Crippen LogP contribution in [0.15, 0.2) is 12.7 Å². The van der Waals surface area contributed by atoms with E-state index in [0.717, 1.165) is 31.3 Å². The highest BCUT2D eigenvalue weighted by Gasteiger charge is 2.20. The molecule has 1 aromatic rings. The van der Waals surface area contributed by atoms with Gasteiger partial charge in [0.05, 0.1) is 0 Å². The molecule has 7 heteroatoms. The van der Waals surface area contributed by atoms with Crippen molar-refractivity contribution in [3.8, 4) is 0 Å². The Bertz CT molecular complexity index is 439. The quantitative estimate of drug-likeness (QED) is 0.671. The molecule has 0 radical (unpaired) electrons. The number of carbonyl (C=O) groups is 1. The summed E-state index contributed by atoms with van der Waals surface area (Å²) >= 11 is 1.34. The van der Waals surface area contributed by atoms with Gasteiger partial charge in [-0.3, -0.25) is 4.79 Å². The minimum absolute atomic E-state index is 0.189. The van der Waals surface area contributed by atoms with Crippen LogP contribution in [0.2, 0.25) is 0 Å². The second-order valence-corrected chi connectivity index (χ2v) is 4.92. The smallest absolute Gasteiger partial charge is 0.265 e. The summed E-state index contributed by atoms with van der Waals surface area (Å²) in [5.74, 6) is 0.112. The molecular formula is C11H17N5OS. The van der Waals surface area contributed by atoms with Gasteiger partial charge in [0.25, 0.3) is 5.91 Å². The molecule has 2 rings (SSSR count). The molecule has 98 valence electrons. The van der Waals surface area contributed by atoms with Gasteiger partial charge >= 0.3 is 0 Å². The van der Waals surface area contributed by atoms with Crippen molar-refractivity contribution >= 4 is 28.2 Å². The lowest BCUT2D eigenvalue weighted by Gasteiger charge is -2.26. The van der Waals surface area contributed by atoms with Crippen molar-refractivity contribution in [3.05, 3.63) is 17.5 Å². The van der Waals surface area contributed by atoms with Crippen LogP contribution in [0.3, 0.4) is 0 Å². The Kier molecular flexibility index (Phi) is 4.16. The first-order chi connectivity index (χ1) is 8.72. The molecule has 2 heterocycles. The van der Waals surface area contributed by atoms with Crippen molar-refractivity contribution in [1.82, 2.24) is 15.6 Å². The summed E-state index contributed by atoms with van der Waals surface area (Å²) in [4.78, 5) is 18.7. The molecule has 1 aromatic heterocycles. The van der Waals surface area contributed by atoms with Gasteiger partial charge in [0.15, 0.2) is 5.13 Å². The van der Waals surface area contributed by atoms with Crippen LogP contribution in [0, 0.1) is 0 Å². The maximum Gasteiger partial charge on any atom is 0.265 e. The van der Waals surface area contributed by atoms with Crippen LogP contribution in [0.25, 0.3) is 0 Å². The lowest BCUT2D eigenvalue weighted by molar-refractivity contribution is 0.0962. The largest absolute Gasteiger partial charge is 0.382 e. The molecule has 18 heavy (non-hydrogen) atoms. The van der Waals surface area contributed by atoms with E-state index in [1.165, 1.54) is 11.3 Å². The first kappa shape index (κ1) is 12.8. The number of hydrogen-bond acceptors (Lipinski definition) is 6. The Morgan fingerprint density at radius 3 is 3.00 bits per heavy atom. The molecule has 0 saturated carbocycles. The van der Waals surface area contributed by atoms with E-state index in [1.54, 1.807) is 6.08 Å². The molecule has 1 aliphatic rings. The summed E-state index contributed by atoms with van der Waals surface area (Å²) in [5, 5.41) is 6.80. The van der Waals surface area contributed by atoms with Crippen LogP contribution in [0.5, 0.6) is 0 Å². The van der Waals surface area contributed by atoms with E-state index in [-0.39, 0.29) is 5.91 Å². The number of nitrogens with one attached hydrogen (secondary N) is 2. The van der Waals surface area contributed by atoms with Gasteiger partial charge in [0.1, 0.15) is 10.7 Å². The van der Waals surface area contributed by atoms with Gasteiger partial charge in [0, 0.05) is 32.7 Å². The molecule has 1 fully saturated rings. The molecule has 6 nitrogen and oxygen atoms in total. The predicted octanol–water partition coefficient (Wildman–Crippen LogP) is 0.0507. The first-order valence-electron chi connectivity index (χ1n) is 5.83. The average Bonchev–Trinajstić information content (AvgIpc) is 2.79. The van der Waals surface area contributed by atoms with Crippen molar-refractivity contribution in [2.45, 2.75) is 0 Å². The van der Waals surface area contributed by atoms with Crippen LogP contribution < -0.4 is 21.3 Å². The number of aromatic nitrogens is 1. The molecule has 0 aromatic carbocycles. The third-order valence-corrected chi connectivity index (χ3v) is 3.77. The summed E-state index contributed by atoms with van der Waals surface area (Å²) in [6, 6.07) is 0. The highest BCUT2D eigenvalue weighted by atomic mass is 32.1. The van der Waals surface area contributed by atoms with Gasteiger partial charge in [-0.1, -0.05) is 17.4 Å². The van der Waals surface area contributed by atoms with E-state index in [9.17, 15) is 4.79 Å². The second-order valence-electron chi connectivity index (χ2n) is 3.95. The standard InChI is InChI=1S/C11H17N5OS/c1-2-3-14-10(17)8-9(12)15-11(18-8)16-6-4-13-5-7-16/h2,13H,1,3-7,12H2,(H,14,17). The number of amides is 1. The number of hydrogen-bond donors (Lipinski definition) is 3. The fourth-order valence-corrected chi connectivity index (χ4v) is 2.67. The van der Waals surface area contributed by atoms with Crippen molar-refractivity contribution in [2.24, 2.45) is 0 Å². The van der Waals surface area contributed by atoms with E-state index >= 15 is 0 Å². The Balaban J connectivity index is 2.10. The zero-order valence-electron chi connectivity index (χ0n) is 10.1. The van der Waals surface area contributed by atoms with Gasteiger partial charge in [-0.15, -0.1) is 6.58 Å². The molecule has 1 aliphatic heterocycles. The number of piperazine rings is 1. The normalized spacial score (nSPS) is 15.4. The van der Waals surface area contributed by atoms with Crippen LogP contribution in [-0.2, 0) is 0 Å². The fourth-order valence-electron chi connectivity index (χ4n) is 1.72. The van der Waals surface area contributed by atoms with E-state index in [1.807, 2.05) is 0 Å². The number of nitrogens with two attached hydrogens (primary N) is 1. The van der Waals surface area contributed by atoms with Crippen LogP contribution in [0.4, 0.5) is 10.9 Å². The van der Waals surface area contributed by atoms with E-state index in [4.69, 9.17) is 5.73 Å². The minimum Gasteiger partial charge on any atom is -0.382 e. The number of thiazole rings is 1. The fraction of sp³-hybridized carbons (Fsp3) is 0.455. The lowest BCUT2D eigenvalue weighted by Crippen LogP contribution is -2.43. The number of carbonyl (C=O) groups excluding carboxylic acids is 1. The molecule has 4 N–H and O–H groups in total. The van der Waals surface area contributed by atoms with Gasteiger partial charge in [-0.25, -0.2) is 4.98 Å². The molecule has 0 atom stereocenters. The van der Waals surface area contributed by atoms with Gasteiger partial charge in [-0.2, -0.15) is 0 Å². The van der Waals surface area contributed by atoms with Gasteiger partial charge in [0.2, 0.25) is 0 Å². The maximum atomic E-state index is 11.8. The van der Waals surface area contributed by atoms with Gasteiger partial charge in [-0.05, 0) is 0 Å². The van der Waals surface area contributed by atoms with Crippen molar-refractivity contribution in [3.63, 3.8) is 0 Å². The molecule has 0 aliphatic carbocycles. The lowest BCUT2D eigenvalue weighted by atomic mass is 10.4. The minimum atomic E-state index is -0.189. The van der Waals surface area contributed by atoms with E-state index in [2.05, 4.69) is 27.1 Å². The zero-order chi connectivity index (χ0) is 13.0. The molecule has 1 saturated heterocycles. The second kappa shape index (κ2) is 5.83. The average molecular weight is 267 g/mol. The van der Waals surface area contributed by atoms with Gasteiger partial charge < -0.3 is 21.3 Å².